The second-order valence-corrected chi connectivity index (χ2v) is 22.7. The first kappa shape index (κ1) is 50.9. The lowest BCUT2D eigenvalue weighted by Crippen LogP contribution is -2.48. The first-order valence-electron chi connectivity index (χ1n) is 30.1. The molecular weight excluding hydrogens is 1070 g/mol. The highest BCUT2D eigenvalue weighted by Crippen LogP contribution is 2.69. The van der Waals surface area contributed by atoms with Gasteiger partial charge in [0, 0.05) is 67.8 Å². The lowest BCUT2D eigenvalue weighted by Gasteiger charge is -2.52. The third-order valence-corrected chi connectivity index (χ3v) is 18.1. The fourth-order valence-corrected chi connectivity index (χ4v) is 14.5. The highest BCUT2D eigenvalue weighted by molar-refractivity contribution is 5.96. The maximum Gasteiger partial charge on any atom is 0.134 e. The van der Waals surface area contributed by atoms with Crippen LogP contribution in [-0.4, -0.2) is 0 Å². The summed E-state index contributed by atoms with van der Waals surface area (Å²) in [6.07, 6.45) is 0. The minimum absolute atomic E-state index is 0.754. The SMILES string of the molecule is c1ccc(N(c2ccccc2)c2ccc(-c3cc4c(o3)C3(c5ccccc5N(c5ccccc5)c5ccccc53)c3cc(-c5ccc(N(c6ccccc6)c6ccccc6)cc5)oc3C43c4ccccc4N(c4ccccc4)c4ccccc43)cc2)cc1. The van der Waals surface area contributed by atoms with Crippen molar-refractivity contribution in [2.75, 3.05) is 19.6 Å². The molecule has 3 aliphatic rings. The maximum absolute atomic E-state index is 8.08. The Morgan fingerprint density at radius 3 is 0.750 bits per heavy atom. The summed E-state index contributed by atoms with van der Waals surface area (Å²) in [5.41, 5.74) is 18.8. The molecule has 0 amide bonds. The van der Waals surface area contributed by atoms with Crippen molar-refractivity contribution < 1.29 is 8.83 Å². The van der Waals surface area contributed by atoms with Crippen LogP contribution >= 0.6 is 0 Å². The number of benzene rings is 12. The molecule has 0 unspecified atom stereocenters. The van der Waals surface area contributed by atoms with E-state index in [2.05, 4.69) is 359 Å². The van der Waals surface area contributed by atoms with Crippen molar-refractivity contribution in [3.8, 4) is 22.6 Å². The van der Waals surface area contributed by atoms with Crippen molar-refractivity contribution in [3.63, 3.8) is 0 Å². The number of hydrogen-bond donors (Lipinski definition) is 0. The van der Waals surface area contributed by atoms with E-state index in [0.717, 1.165) is 136 Å². The van der Waals surface area contributed by atoms with E-state index in [4.69, 9.17) is 8.83 Å². The zero-order chi connectivity index (χ0) is 58.2. The Bertz CT molecular complexity index is 4320. The van der Waals surface area contributed by atoms with E-state index in [0.29, 0.717) is 0 Å². The van der Waals surface area contributed by atoms with E-state index in [1.165, 1.54) is 0 Å². The topological polar surface area (TPSA) is 39.2 Å². The molecule has 0 atom stereocenters. The van der Waals surface area contributed by atoms with E-state index >= 15 is 0 Å². The molecule has 14 aromatic rings. The molecule has 88 heavy (non-hydrogen) atoms. The molecule has 2 spiro atoms. The summed E-state index contributed by atoms with van der Waals surface area (Å²) in [7, 11) is 0. The van der Waals surface area contributed by atoms with Crippen molar-refractivity contribution in [1.82, 2.24) is 0 Å². The summed E-state index contributed by atoms with van der Waals surface area (Å²) in [5, 5.41) is 0. The minimum Gasteiger partial charge on any atom is -0.459 e. The Kier molecular flexibility index (Phi) is 11.9. The van der Waals surface area contributed by atoms with Gasteiger partial charge in [-0.2, -0.15) is 0 Å². The standard InChI is InChI=1S/C82H56N4O2/c1-7-27-59(28-8-1)83(60-29-9-2-10-30-60)65-51-47-57(48-52-65)77-55-71-79(87-77)82(69-41-21-25-45-75(69)86(64-37-17-6-18-38-64)76-46-26-22-42-70(76)82)72-56-78(58-49-53-66(54-50-58)84(61-31-11-3-12-32-61)62-33-13-4-14-34-62)88-80(72)81(71)67-39-19-23-43-73(67)85(63-35-15-5-16-36-63)74-44-24-20-40-68(74)81/h1-56H. The van der Waals surface area contributed by atoms with Gasteiger partial charge >= 0.3 is 0 Å². The number of furan rings is 2. The largest absolute Gasteiger partial charge is 0.459 e. The van der Waals surface area contributed by atoms with Gasteiger partial charge in [0.2, 0.25) is 0 Å². The van der Waals surface area contributed by atoms with Gasteiger partial charge in [0.15, 0.2) is 0 Å². The molecule has 4 heterocycles. The van der Waals surface area contributed by atoms with Gasteiger partial charge in [-0.3, -0.25) is 0 Å². The minimum atomic E-state index is -1.07. The highest BCUT2D eigenvalue weighted by Gasteiger charge is 2.63. The molecular formula is C82H56N4O2. The van der Waals surface area contributed by atoms with E-state index < -0.39 is 10.8 Å². The molecule has 1 aliphatic carbocycles. The second-order valence-electron chi connectivity index (χ2n) is 22.7. The predicted octanol–water partition coefficient (Wildman–Crippen LogP) is 21.8. The summed E-state index contributed by atoms with van der Waals surface area (Å²) in [4.78, 5) is 9.44. The third-order valence-electron chi connectivity index (χ3n) is 18.1. The van der Waals surface area contributed by atoms with Gasteiger partial charge < -0.3 is 28.4 Å². The number of fused-ring (bicyclic) bond motifs is 14. The van der Waals surface area contributed by atoms with Crippen LogP contribution < -0.4 is 19.6 Å². The molecule has 6 nitrogen and oxygen atoms in total. The average molecular weight is 1130 g/mol. The third kappa shape index (κ3) is 7.68. The van der Waals surface area contributed by atoms with Gasteiger partial charge in [-0.05, 0) is 180 Å². The first-order chi connectivity index (χ1) is 43.7. The number of para-hydroxylation sites is 10. The molecule has 2 aliphatic heterocycles. The summed E-state index contributed by atoms with van der Waals surface area (Å²) < 4.78 is 16.2. The first-order valence-corrected chi connectivity index (χ1v) is 30.1. The number of nitrogens with zero attached hydrogens (tertiary/aromatic N) is 4. The molecule has 0 fully saturated rings. The van der Waals surface area contributed by atoms with Crippen molar-refractivity contribution in [1.29, 1.82) is 0 Å². The fourth-order valence-electron chi connectivity index (χ4n) is 14.5. The average Bonchev–Trinajstić information content (AvgIpc) is 1.26. The van der Waals surface area contributed by atoms with E-state index in [1.54, 1.807) is 0 Å². The molecule has 2 aromatic heterocycles. The lowest BCUT2D eigenvalue weighted by atomic mass is 9.53. The Morgan fingerprint density at radius 2 is 0.466 bits per heavy atom. The lowest BCUT2D eigenvalue weighted by molar-refractivity contribution is 0.400. The molecule has 6 heteroatoms. The molecule has 17 rings (SSSR count). The molecule has 0 N–H and O–H groups in total. The summed E-state index contributed by atoms with van der Waals surface area (Å²) in [5.74, 6) is 3.18. The van der Waals surface area contributed by atoms with Crippen molar-refractivity contribution in [2.45, 2.75) is 10.8 Å². The van der Waals surface area contributed by atoms with Crippen molar-refractivity contribution >= 4 is 68.2 Å². The van der Waals surface area contributed by atoms with Crippen molar-refractivity contribution in [3.05, 3.63) is 385 Å². The Balaban J connectivity index is 0.958. The van der Waals surface area contributed by atoms with Crippen LogP contribution in [-0.2, 0) is 10.8 Å². The fraction of sp³-hybridized carbons (Fsp3) is 0.0244. The summed E-state index contributed by atoms with van der Waals surface area (Å²) >= 11 is 0. The predicted molar refractivity (Wildman–Crippen MR) is 358 cm³/mol. The maximum atomic E-state index is 8.08. The summed E-state index contributed by atoms with van der Waals surface area (Å²) in [6.45, 7) is 0. The van der Waals surface area contributed by atoms with Gasteiger partial charge in [-0.25, -0.2) is 0 Å². The van der Waals surface area contributed by atoms with Gasteiger partial charge in [0.05, 0.1) is 22.7 Å². The molecule has 0 bridgehead atoms. The molecule has 12 aromatic carbocycles. The van der Waals surface area contributed by atoms with Crippen LogP contribution in [0.5, 0.6) is 0 Å². The number of rotatable bonds is 10. The quantitative estimate of drug-likeness (QED) is 0.136. The zero-order valence-electron chi connectivity index (χ0n) is 47.9. The van der Waals surface area contributed by atoms with E-state index in [9.17, 15) is 0 Å². The number of anilines is 12. The van der Waals surface area contributed by atoms with Crippen LogP contribution in [0.3, 0.4) is 0 Å². The van der Waals surface area contributed by atoms with Crippen molar-refractivity contribution in [2.24, 2.45) is 0 Å². The van der Waals surface area contributed by atoms with Crippen LogP contribution in [0.4, 0.5) is 68.2 Å². The Morgan fingerprint density at radius 1 is 0.227 bits per heavy atom. The van der Waals surface area contributed by atoms with E-state index in [1.807, 2.05) is 0 Å². The van der Waals surface area contributed by atoms with Gasteiger partial charge in [-0.15, -0.1) is 0 Å². The highest BCUT2D eigenvalue weighted by atomic mass is 16.4. The second kappa shape index (κ2) is 20.6. The number of hydrogen-bond acceptors (Lipinski definition) is 6. The normalized spacial score (nSPS) is 13.6. The molecule has 0 saturated carbocycles. The summed E-state index contributed by atoms with van der Waals surface area (Å²) in [6, 6.07) is 122. The van der Waals surface area contributed by atoms with Gasteiger partial charge in [0.1, 0.15) is 33.9 Å². The van der Waals surface area contributed by atoms with Gasteiger partial charge in [0.25, 0.3) is 0 Å². The molecule has 416 valence electrons. The van der Waals surface area contributed by atoms with Crippen LogP contribution in [0.25, 0.3) is 22.6 Å². The van der Waals surface area contributed by atoms with Crippen LogP contribution in [0.2, 0.25) is 0 Å². The van der Waals surface area contributed by atoms with Crippen LogP contribution in [0.1, 0.15) is 44.9 Å². The smallest absolute Gasteiger partial charge is 0.134 e. The molecule has 0 radical (unpaired) electrons. The Hall–Kier alpha value is -11.6. The van der Waals surface area contributed by atoms with Crippen LogP contribution in [0, 0.1) is 0 Å². The zero-order valence-corrected chi connectivity index (χ0v) is 47.9. The van der Waals surface area contributed by atoms with Crippen LogP contribution in [0.15, 0.2) is 349 Å². The Labute approximate surface area is 512 Å². The monoisotopic (exact) mass is 1130 g/mol. The molecule has 0 saturated heterocycles. The van der Waals surface area contributed by atoms with Gasteiger partial charge in [-0.1, -0.05) is 182 Å². The van der Waals surface area contributed by atoms with E-state index in [-0.39, 0.29) is 0 Å².